The van der Waals surface area contributed by atoms with Crippen LogP contribution in [0.2, 0.25) is 0 Å². The predicted octanol–water partition coefficient (Wildman–Crippen LogP) is 6.57. The predicted molar refractivity (Wildman–Crippen MR) is 247 cm³/mol. The van der Waals surface area contributed by atoms with Gasteiger partial charge in [0.25, 0.3) is 0 Å². The summed E-state index contributed by atoms with van der Waals surface area (Å²) in [5.41, 5.74) is 0. The lowest BCUT2D eigenvalue weighted by molar-refractivity contribution is -0.332. The molecule has 0 radical (unpaired) electrons. The summed E-state index contributed by atoms with van der Waals surface area (Å²) in [5, 5.41) is 72.0. The third-order valence-electron chi connectivity index (χ3n) is 11.3. The molecule has 0 aromatic carbocycles. The molecule has 0 spiro atoms. The molecule has 0 aromatic rings. The molecule has 64 heavy (non-hydrogen) atoms. The standard InChI is InChI=1S/C50H86O14/c1-3-5-7-9-11-13-15-17-19-20-22-24-26-28-30-32-34-59-36-39(62-42(52)33-31-29-27-25-23-21-18-16-14-12-10-8-6-4-2)37-60-49-48(58)46(56)44(54)41(64-49)38-61-50-47(57)45(55)43(53)40(35-51)63-50/h5,7,11,13,17,19,22,24,28,30,39-41,43-51,53-58H,3-4,6,8-10,12,14-16,18,20-21,23,25-27,29,31-38H2,1-2H3/b7-5-,13-11-,19-17-,24-22-,30-28-. The quantitative estimate of drug-likeness (QED) is 0.0200. The number of esters is 1. The van der Waals surface area contributed by atoms with Gasteiger partial charge < -0.3 is 64.2 Å². The zero-order valence-corrected chi connectivity index (χ0v) is 39.0. The minimum atomic E-state index is -1.72. The van der Waals surface area contributed by atoms with Crippen molar-refractivity contribution in [3.63, 3.8) is 0 Å². The number of aliphatic hydroxyl groups is 7. The van der Waals surface area contributed by atoms with Crippen LogP contribution in [0.15, 0.2) is 60.8 Å². The molecule has 0 aliphatic carbocycles. The number of carbonyl (C=O) groups is 1. The van der Waals surface area contributed by atoms with Gasteiger partial charge in [0.05, 0.1) is 33.0 Å². The molecule has 14 nitrogen and oxygen atoms in total. The molecule has 11 unspecified atom stereocenters. The lowest BCUT2D eigenvalue weighted by Gasteiger charge is -2.42. The third-order valence-corrected chi connectivity index (χ3v) is 11.3. The van der Waals surface area contributed by atoms with Crippen LogP contribution in [0.1, 0.15) is 149 Å². The van der Waals surface area contributed by atoms with Crippen LogP contribution in [0.25, 0.3) is 0 Å². The van der Waals surface area contributed by atoms with Gasteiger partial charge in [-0.25, -0.2) is 0 Å². The summed E-state index contributed by atoms with van der Waals surface area (Å²) in [6, 6.07) is 0. The second-order valence-corrected chi connectivity index (χ2v) is 16.9. The molecule has 370 valence electrons. The highest BCUT2D eigenvalue weighted by atomic mass is 16.7. The van der Waals surface area contributed by atoms with E-state index in [0.717, 1.165) is 51.4 Å². The topological polar surface area (TPSA) is 214 Å². The largest absolute Gasteiger partial charge is 0.457 e. The first-order valence-electron chi connectivity index (χ1n) is 24.4. The van der Waals surface area contributed by atoms with E-state index in [1.807, 2.05) is 6.08 Å². The van der Waals surface area contributed by atoms with E-state index >= 15 is 0 Å². The maximum Gasteiger partial charge on any atom is 0.306 e. The lowest BCUT2D eigenvalue weighted by atomic mass is 9.98. The average molecular weight is 911 g/mol. The molecule has 0 amide bonds. The number of unbranched alkanes of at least 4 members (excludes halogenated alkanes) is 13. The monoisotopic (exact) mass is 911 g/mol. The van der Waals surface area contributed by atoms with Crippen molar-refractivity contribution in [2.75, 3.05) is 33.0 Å². The highest BCUT2D eigenvalue weighted by Gasteiger charge is 2.47. The summed E-state index contributed by atoms with van der Waals surface area (Å²) in [6.45, 7) is 3.33. The normalized spacial score (nSPS) is 27.3. The highest BCUT2D eigenvalue weighted by molar-refractivity contribution is 5.69. The van der Waals surface area contributed by atoms with Gasteiger partial charge in [-0.15, -0.1) is 0 Å². The van der Waals surface area contributed by atoms with Crippen LogP contribution < -0.4 is 0 Å². The fourth-order valence-corrected chi connectivity index (χ4v) is 7.35. The Balaban J connectivity index is 1.83. The zero-order chi connectivity index (χ0) is 46.6. The maximum absolute atomic E-state index is 13.0. The lowest BCUT2D eigenvalue weighted by Crippen LogP contribution is -2.61. The molecule has 2 rings (SSSR count). The Kier molecular flexibility index (Phi) is 34.1. The van der Waals surface area contributed by atoms with Crippen LogP contribution in [0.3, 0.4) is 0 Å². The van der Waals surface area contributed by atoms with Gasteiger partial charge in [-0.05, 0) is 44.9 Å². The van der Waals surface area contributed by atoms with E-state index in [1.165, 1.54) is 64.2 Å². The Morgan fingerprint density at radius 1 is 0.531 bits per heavy atom. The number of rotatable bonds is 37. The van der Waals surface area contributed by atoms with Crippen molar-refractivity contribution >= 4 is 5.97 Å². The van der Waals surface area contributed by atoms with E-state index < -0.39 is 86.7 Å². The van der Waals surface area contributed by atoms with Gasteiger partial charge in [0, 0.05) is 6.42 Å². The smallest absolute Gasteiger partial charge is 0.306 e. The SMILES string of the molecule is CC/C=C\C/C=C\C/C=C\C/C=C\C/C=C\CCOCC(COC1OC(COC2OC(CO)C(O)C(O)C2O)C(O)C(O)C1O)OC(=O)CCCCCCCCCCCCCCCC. The van der Waals surface area contributed by atoms with E-state index in [1.54, 1.807) is 0 Å². The Morgan fingerprint density at radius 3 is 1.50 bits per heavy atom. The summed E-state index contributed by atoms with van der Waals surface area (Å²) in [5.74, 6) is -0.402. The number of carbonyl (C=O) groups excluding carboxylic acids is 1. The first-order valence-corrected chi connectivity index (χ1v) is 24.4. The Bertz CT molecular complexity index is 1290. The van der Waals surface area contributed by atoms with E-state index in [4.69, 9.17) is 28.4 Å². The molecule has 14 heteroatoms. The Labute approximate surface area is 384 Å². The molecule has 0 saturated carbocycles. The van der Waals surface area contributed by atoms with Crippen LogP contribution in [0.4, 0.5) is 0 Å². The second-order valence-electron chi connectivity index (χ2n) is 16.9. The minimum absolute atomic E-state index is 0.00677. The second kappa shape index (κ2) is 37.7. The molecule has 2 fully saturated rings. The average Bonchev–Trinajstić information content (AvgIpc) is 3.29. The molecular weight excluding hydrogens is 825 g/mol. The van der Waals surface area contributed by atoms with E-state index in [-0.39, 0.29) is 19.6 Å². The molecule has 11 atom stereocenters. The van der Waals surface area contributed by atoms with Gasteiger partial charge >= 0.3 is 5.97 Å². The molecule has 0 bridgehead atoms. The van der Waals surface area contributed by atoms with E-state index in [0.29, 0.717) is 19.4 Å². The molecule has 2 aliphatic heterocycles. The Morgan fingerprint density at radius 2 is 0.984 bits per heavy atom. The summed E-state index contributed by atoms with van der Waals surface area (Å²) in [7, 11) is 0. The van der Waals surface area contributed by atoms with Crippen molar-refractivity contribution in [3.05, 3.63) is 60.8 Å². The maximum atomic E-state index is 13.0. The number of ether oxygens (including phenoxy) is 6. The number of allylic oxidation sites excluding steroid dienone is 9. The summed E-state index contributed by atoms with van der Waals surface area (Å²) in [4.78, 5) is 13.0. The number of hydrogen-bond acceptors (Lipinski definition) is 14. The minimum Gasteiger partial charge on any atom is -0.457 e. The van der Waals surface area contributed by atoms with Gasteiger partial charge in [-0.2, -0.15) is 0 Å². The molecule has 0 aromatic heterocycles. The van der Waals surface area contributed by atoms with Crippen LogP contribution in [-0.4, -0.2) is 142 Å². The van der Waals surface area contributed by atoms with Gasteiger partial charge in [-0.1, -0.05) is 158 Å². The van der Waals surface area contributed by atoms with Crippen molar-refractivity contribution in [2.45, 2.75) is 216 Å². The van der Waals surface area contributed by atoms with E-state index in [9.17, 15) is 40.5 Å². The Hall–Kier alpha value is -2.31. The molecule has 2 heterocycles. The van der Waals surface area contributed by atoms with Gasteiger partial charge in [0.2, 0.25) is 0 Å². The fraction of sp³-hybridized carbons (Fsp3) is 0.780. The first kappa shape index (κ1) is 57.8. The van der Waals surface area contributed by atoms with Crippen LogP contribution >= 0.6 is 0 Å². The van der Waals surface area contributed by atoms with Gasteiger partial charge in [0.1, 0.15) is 54.9 Å². The van der Waals surface area contributed by atoms with Crippen molar-refractivity contribution in [2.24, 2.45) is 0 Å². The summed E-state index contributed by atoms with van der Waals surface area (Å²) >= 11 is 0. The van der Waals surface area contributed by atoms with Crippen molar-refractivity contribution < 1.29 is 69.0 Å². The number of aliphatic hydroxyl groups excluding tert-OH is 7. The molecular formula is C50H86O14. The summed E-state index contributed by atoms with van der Waals surface area (Å²) in [6.07, 6.45) is 27.4. The summed E-state index contributed by atoms with van der Waals surface area (Å²) < 4.78 is 34.1. The first-order chi connectivity index (χ1) is 31.1. The molecule has 2 aliphatic rings. The van der Waals surface area contributed by atoms with Gasteiger partial charge in [0.15, 0.2) is 12.6 Å². The van der Waals surface area contributed by atoms with Crippen LogP contribution in [0, 0.1) is 0 Å². The van der Waals surface area contributed by atoms with E-state index in [2.05, 4.69) is 68.5 Å². The van der Waals surface area contributed by atoms with Crippen molar-refractivity contribution in [3.8, 4) is 0 Å². The zero-order valence-electron chi connectivity index (χ0n) is 39.0. The van der Waals surface area contributed by atoms with Crippen molar-refractivity contribution in [1.29, 1.82) is 0 Å². The van der Waals surface area contributed by atoms with Gasteiger partial charge in [-0.3, -0.25) is 4.79 Å². The third kappa shape index (κ3) is 25.6. The van der Waals surface area contributed by atoms with Crippen LogP contribution in [0.5, 0.6) is 0 Å². The van der Waals surface area contributed by atoms with Crippen molar-refractivity contribution in [1.82, 2.24) is 0 Å². The fourth-order valence-electron chi connectivity index (χ4n) is 7.35. The highest BCUT2D eigenvalue weighted by Crippen LogP contribution is 2.26. The van der Waals surface area contributed by atoms with Crippen LogP contribution in [-0.2, 0) is 33.2 Å². The molecule has 2 saturated heterocycles. The number of hydrogen-bond donors (Lipinski definition) is 7. The molecule has 7 N–H and O–H groups in total.